The van der Waals surface area contributed by atoms with Gasteiger partial charge in [0.1, 0.15) is 5.69 Å². The SMILES string of the molecule is CN1CCN(CCCNc2c(F)c(F)nc(F)c2F)C(c2ccccc2)C1. The lowest BCUT2D eigenvalue weighted by Gasteiger charge is -2.40. The standard InChI is InChI=1S/C19H22F4N4/c1-26-10-11-27(14(12-26)13-6-3-2-4-7-13)9-5-8-24-17-15(20)18(22)25-19(23)16(17)21/h2-4,6-7,14H,5,8-12H2,1H3,(H,24,25). The summed E-state index contributed by atoms with van der Waals surface area (Å²) in [5, 5.41) is 2.46. The lowest BCUT2D eigenvalue weighted by Crippen LogP contribution is -2.47. The van der Waals surface area contributed by atoms with Gasteiger partial charge in [0, 0.05) is 38.8 Å². The maximum absolute atomic E-state index is 13.6. The highest BCUT2D eigenvalue weighted by Crippen LogP contribution is 2.25. The molecule has 146 valence electrons. The molecule has 0 radical (unpaired) electrons. The molecule has 3 rings (SSSR count). The fourth-order valence-electron chi connectivity index (χ4n) is 3.35. The van der Waals surface area contributed by atoms with Gasteiger partial charge in [0.15, 0.2) is 0 Å². The number of piperazine rings is 1. The van der Waals surface area contributed by atoms with E-state index in [4.69, 9.17) is 0 Å². The molecule has 2 heterocycles. The number of anilines is 1. The number of halogens is 4. The number of hydrogen-bond acceptors (Lipinski definition) is 4. The van der Waals surface area contributed by atoms with Crippen molar-refractivity contribution in [1.82, 2.24) is 14.8 Å². The quantitative estimate of drug-likeness (QED) is 0.471. The molecule has 1 saturated heterocycles. The molecule has 1 aliphatic rings. The van der Waals surface area contributed by atoms with Gasteiger partial charge in [-0.2, -0.15) is 22.5 Å². The van der Waals surface area contributed by atoms with Gasteiger partial charge in [0.2, 0.25) is 11.6 Å². The Balaban J connectivity index is 1.60. The number of pyridine rings is 1. The minimum atomic E-state index is -1.65. The third-order valence-electron chi connectivity index (χ3n) is 4.80. The summed E-state index contributed by atoms with van der Waals surface area (Å²) in [7, 11) is 2.08. The van der Waals surface area contributed by atoms with Crippen molar-refractivity contribution in [2.45, 2.75) is 12.5 Å². The summed E-state index contributed by atoms with van der Waals surface area (Å²) in [6.45, 7) is 3.57. The molecule has 1 aromatic carbocycles. The van der Waals surface area contributed by atoms with Crippen LogP contribution in [0.15, 0.2) is 30.3 Å². The second kappa shape index (κ2) is 8.67. The molecule has 0 amide bonds. The minimum absolute atomic E-state index is 0.185. The monoisotopic (exact) mass is 382 g/mol. The summed E-state index contributed by atoms with van der Waals surface area (Å²) in [5.74, 6) is -6.31. The van der Waals surface area contributed by atoms with Crippen LogP contribution in [-0.4, -0.2) is 54.6 Å². The zero-order valence-electron chi connectivity index (χ0n) is 15.1. The second-order valence-corrected chi connectivity index (χ2v) is 6.70. The fourth-order valence-corrected chi connectivity index (χ4v) is 3.35. The Kier molecular flexibility index (Phi) is 6.28. The molecule has 1 fully saturated rings. The lowest BCUT2D eigenvalue weighted by atomic mass is 10.0. The van der Waals surface area contributed by atoms with E-state index in [0.717, 1.165) is 19.6 Å². The van der Waals surface area contributed by atoms with Crippen molar-refractivity contribution in [2.24, 2.45) is 0 Å². The molecule has 1 N–H and O–H groups in total. The number of nitrogens with zero attached hydrogens (tertiary/aromatic N) is 3. The Morgan fingerprint density at radius 1 is 1.04 bits per heavy atom. The summed E-state index contributed by atoms with van der Waals surface area (Å²) < 4.78 is 53.6. The van der Waals surface area contributed by atoms with Crippen LogP contribution >= 0.6 is 0 Å². The molecule has 4 nitrogen and oxygen atoms in total. The van der Waals surface area contributed by atoms with Crippen LogP contribution in [0.3, 0.4) is 0 Å². The van der Waals surface area contributed by atoms with Gasteiger partial charge < -0.3 is 10.2 Å². The van der Waals surface area contributed by atoms with E-state index < -0.39 is 29.2 Å². The van der Waals surface area contributed by atoms with Gasteiger partial charge in [-0.25, -0.2) is 0 Å². The highest BCUT2D eigenvalue weighted by molar-refractivity contribution is 5.45. The van der Waals surface area contributed by atoms with Crippen LogP contribution in [-0.2, 0) is 0 Å². The average Bonchev–Trinajstić information content (AvgIpc) is 2.67. The van der Waals surface area contributed by atoms with Gasteiger partial charge >= 0.3 is 0 Å². The Hall–Kier alpha value is -2.19. The van der Waals surface area contributed by atoms with Crippen LogP contribution < -0.4 is 5.32 Å². The molecule has 27 heavy (non-hydrogen) atoms. The summed E-state index contributed by atoms with van der Waals surface area (Å²) in [4.78, 5) is 7.13. The van der Waals surface area contributed by atoms with E-state index >= 15 is 0 Å². The van der Waals surface area contributed by atoms with Crippen LogP contribution in [0.1, 0.15) is 18.0 Å². The topological polar surface area (TPSA) is 31.4 Å². The van der Waals surface area contributed by atoms with Gasteiger partial charge in [0.25, 0.3) is 11.9 Å². The molecule has 1 atom stereocenters. The first-order valence-corrected chi connectivity index (χ1v) is 8.88. The van der Waals surface area contributed by atoms with E-state index in [9.17, 15) is 17.6 Å². The van der Waals surface area contributed by atoms with Crippen molar-refractivity contribution < 1.29 is 17.6 Å². The predicted octanol–water partition coefficient (Wildman–Crippen LogP) is 3.43. The summed E-state index contributed by atoms with van der Waals surface area (Å²) >= 11 is 0. The Labute approximate surface area is 155 Å². The molecule has 0 saturated carbocycles. The van der Waals surface area contributed by atoms with E-state index in [1.54, 1.807) is 0 Å². The first-order valence-electron chi connectivity index (χ1n) is 8.88. The smallest absolute Gasteiger partial charge is 0.253 e. The highest BCUT2D eigenvalue weighted by Gasteiger charge is 2.26. The molecule has 1 unspecified atom stereocenters. The summed E-state index contributed by atoms with van der Waals surface area (Å²) in [6, 6.07) is 10.4. The average molecular weight is 382 g/mol. The van der Waals surface area contributed by atoms with Gasteiger partial charge in [-0.1, -0.05) is 30.3 Å². The molecular formula is C19H22F4N4. The zero-order valence-corrected chi connectivity index (χ0v) is 15.1. The maximum Gasteiger partial charge on any atom is 0.253 e. The zero-order chi connectivity index (χ0) is 19.4. The number of nitrogens with one attached hydrogen (secondary N) is 1. The van der Waals surface area contributed by atoms with Crippen LogP contribution in [0.4, 0.5) is 23.2 Å². The molecule has 1 aliphatic heterocycles. The molecule has 0 aliphatic carbocycles. The van der Waals surface area contributed by atoms with Crippen LogP contribution in [0.2, 0.25) is 0 Å². The highest BCUT2D eigenvalue weighted by atomic mass is 19.2. The van der Waals surface area contributed by atoms with Crippen LogP contribution in [0.5, 0.6) is 0 Å². The molecule has 2 aromatic rings. The van der Waals surface area contributed by atoms with Gasteiger partial charge in [-0.15, -0.1) is 0 Å². The van der Waals surface area contributed by atoms with Gasteiger partial charge in [-0.05, 0) is 19.0 Å². The number of likely N-dealkylation sites (N-methyl/N-ethyl adjacent to an activating group) is 1. The maximum atomic E-state index is 13.6. The number of hydrogen-bond donors (Lipinski definition) is 1. The molecular weight excluding hydrogens is 360 g/mol. The first kappa shape index (κ1) is 19.6. The fraction of sp³-hybridized carbons (Fsp3) is 0.421. The van der Waals surface area contributed by atoms with Crippen molar-refractivity contribution in [2.75, 3.05) is 45.1 Å². The van der Waals surface area contributed by atoms with E-state index in [-0.39, 0.29) is 12.6 Å². The van der Waals surface area contributed by atoms with E-state index in [0.29, 0.717) is 13.0 Å². The van der Waals surface area contributed by atoms with Crippen LogP contribution in [0.25, 0.3) is 0 Å². The molecule has 8 heteroatoms. The summed E-state index contributed by atoms with van der Waals surface area (Å²) in [6.07, 6.45) is 0.567. The lowest BCUT2D eigenvalue weighted by molar-refractivity contribution is 0.0896. The van der Waals surface area contributed by atoms with E-state index in [1.165, 1.54) is 5.56 Å². The third-order valence-corrected chi connectivity index (χ3v) is 4.80. The van der Waals surface area contributed by atoms with Crippen LogP contribution in [0, 0.1) is 23.5 Å². The predicted molar refractivity (Wildman–Crippen MR) is 95.4 cm³/mol. The van der Waals surface area contributed by atoms with E-state index in [1.807, 2.05) is 18.2 Å². The van der Waals surface area contributed by atoms with E-state index in [2.05, 4.69) is 39.3 Å². The first-order chi connectivity index (χ1) is 13.0. The van der Waals surface area contributed by atoms with Gasteiger partial charge in [-0.3, -0.25) is 4.90 Å². The third kappa shape index (κ3) is 4.56. The molecule has 0 bridgehead atoms. The largest absolute Gasteiger partial charge is 0.380 e. The van der Waals surface area contributed by atoms with Gasteiger partial charge in [0.05, 0.1) is 0 Å². The molecule has 0 spiro atoms. The van der Waals surface area contributed by atoms with Crippen molar-refractivity contribution >= 4 is 5.69 Å². The van der Waals surface area contributed by atoms with Crippen molar-refractivity contribution in [3.63, 3.8) is 0 Å². The Bertz CT molecular complexity index is 746. The second-order valence-electron chi connectivity index (χ2n) is 6.70. The Morgan fingerprint density at radius 2 is 1.70 bits per heavy atom. The van der Waals surface area contributed by atoms with Crippen molar-refractivity contribution in [1.29, 1.82) is 0 Å². The number of aromatic nitrogens is 1. The minimum Gasteiger partial charge on any atom is -0.380 e. The normalized spacial score (nSPS) is 18.6. The number of rotatable bonds is 6. The molecule has 1 aromatic heterocycles. The Morgan fingerprint density at radius 3 is 2.37 bits per heavy atom. The van der Waals surface area contributed by atoms with Crippen molar-refractivity contribution in [3.8, 4) is 0 Å². The summed E-state index contributed by atoms with van der Waals surface area (Å²) in [5.41, 5.74) is 0.408. The number of benzene rings is 1. The van der Waals surface area contributed by atoms with Crippen molar-refractivity contribution in [3.05, 3.63) is 59.4 Å².